The molecule has 34 heavy (non-hydrogen) atoms. The lowest BCUT2D eigenvalue weighted by Gasteiger charge is -2.07. The number of rotatable bonds is 10. The molecule has 0 amide bonds. The Balaban J connectivity index is 1.70. The number of hydrogen-bond donors (Lipinski definition) is 0. The van der Waals surface area contributed by atoms with E-state index in [9.17, 15) is 9.59 Å². The third-order valence-electron chi connectivity index (χ3n) is 5.16. The molecule has 0 N–H and O–H groups in total. The Morgan fingerprint density at radius 1 is 0.559 bits per heavy atom. The normalized spacial score (nSPS) is 10.9. The van der Waals surface area contributed by atoms with Gasteiger partial charge in [-0.15, -0.1) is 0 Å². The van der Waals surface area contributed by atoms with Gasteiger partial charge in [-0.3, -0.25) is 9.59 Å². The summed E-state index contributed by atoms with van der Waals surface area (Å²) in [4.78, 5) is 25.2. The maximum absolute atomic E-state index is 12.6. The molecule has 0 saturated carbocycles. The predicted molar refractivity (Wildman–Crippen MR) is 132 cm³/mol. The van der Waals surface area contributed by atoms with Crippen LogP contribution in [0.5, 0.6) is 23.0 Å². The monoisotopic (exact) mass is 458 g/mol. The van der Waals surface area contributed by atoms with Gasteiger partial charge in [0.1, 0.15) is 23.0 Å². The van der Waals surface area contributed by atoms with E-state index in [4.69, 9.17) is 18.9 Å². The van der Waals surface area contributed by atoms with Crippen molar-refractivity contribution in [2.24, 2.45) is 0 Å². The van der Waals surface area contributed by atoms with Crippen LogP contribution in [0.1, 0.15) is 31.8 Å². The second-order valence-electron chi connectivity index (χ2n) is 7.19. The van der Waals surface area contributed by atoms with Crippen molar-refractivity contribution in [1.82, 2.24) is 0 Å². The molecule has 3 rings (SSSR count). The minimum absolute atomic E-state index is 0.185. The number of benzene rings is 3. The van der Waals surface area contributed by atoms with Crippen LogP contribution < -0.4 is 18.9 Å². The molecular formula is C28H26O6. The van der Waals surface area contributed by atoms with Crippen LogP contribution in [-0.4, -0.2) is 40.0 Å². The molecule has 0 saturated heterocycles. The Kier molecular flexibility index (Phi) is 8.24. The molecule has 0 fully saturated rings. The van der Waals surface area contributed by atoms with E-state index >= 15 is 0 Å². The summed E-state index contributed by atoms with van der Waals surface area (Å²) >= 11 is 0. The van der Waals surface area contributed by atoms with Crippen molar-refractivity contribution in [3.05, 3.63) is 95.1 Å². The fraction of sp³-hybridized carbons (Fsp3) is 0.143. The molecule has 0 aliphatic carbocycles. The molecule has 0 bridgehead atoms. The van der Waals surface area contributed by atoms with Crippen LogP contribution in [-0.2, 0) is 0 Å². The highest BCUT2D eigenvalue weighted by atomic mass is 16.5. The molecule has 0 atom stereocenters. The highest BCUT2D eigenvalue weighted by Crippen LogP contribution is 2.27. The van der Waals surface area contributed by atoms with Crippen LogP contribution in [0.4, 0.5) is 0 Å². The van der Waals surface area contributed by atoms with Gasteiger partial charge in [-0.2, -0.15) is 0 Å². The smallest absolute Gasteiger partial charge is 0.185 e. The SMILES string of the molecule is COc1ccc(/C=C/C(=O)c2ccc(C(=O)/C=C/c3ccc(OC)cc3OC)cc2)c(OC)c1. The van der Waals surface area contributed by atoms with Gasteiger partial charge in [0, 0.05) is 34.4 Å². The zero-order valence-electron chi connectivity index (χ0n) is 19.5. The quantitative estimate of drug-likeness (QED) is 0.295. The number of methoxy groups -OCH3 is 4. The predicted octanol–water partition coefficient (Wildman–Crippen LogP) is 5.51. The van der Waals surface area contributed by atoms with Crippen molar-refractivity contribution >= 4 is 23.7 Å². The topological polar surface area (TPSA) is 71.1 Å². The second kappa shape index (κ2) is 11.5. The van der Waals surface area contributed by atoms with Crippen LogP contribution in [0.25, 0.3) is 12.2 Å². The van der Waals surface area contributed by atoms with Crippen molar-refractivity contribution < 1.29 is 28.5 Å². The first-order valence-corrected chi connectivity index (χ1v) is 10.5. The molecule has 0 spiro atoms. The van der Waals surface area contributed by atoms with E-state index in [0.29, 0.717) is 34.1 Å². The third kappa shape index (κ3) is 5.92. The van der Waals surface area contributed by atoms with E-state index in [1.165, 1.54) is 12.2 Å². The van der Waals surface area contributed by atoms with E-state index in [-0.39, 0.29) is 11.6 Å². The Bertz CT molecular complexity index is 1130. The van der Waals surface area contributed by atoms with Crippen LogP contribution in [0, 0.1) is 0 Å². The standard InChI is InChI=1S/C28H26O6/c1-31-23-13-9-21(27(17-23)33-3)11-15-25(29)19-5-7-20(8-6-19)26(30)16-12-22-10-14-24(32-2)18-28(22)34-4/h5-18H,1-4H3/b15-11+,16-12+. The van der Waals surface area contributed by atoms with Gasteiger partial charge in [0.05, 0.1) is 28.4 Å². The molecule has 0 unspecified atom stereocenters. The van der Waals surface area contributed by atoms with Crippen LogP contribution in [0.15, 0.2) is 72.8 Å². The van der Waals surface area contributed by atoms with Crippen LogP contribution >= 0.6 is 0 Å². The summed E-state index contributed by atoms with van der Waals surface area (Å²) in [6.45, 7) is 0. The number of ketones is 2. The van der Waals surface area contributed by atoms with Crippen molar-refractivity contribution in [2.75, 3.05) is 28.4 Å². The van der Waals surface area contributed by atoms with E-state index in [1.807, 2.05) is 12.1 Å². The Morgan fingerprint density at radius 3 is 1.26 bits per heavy atom. The van der Waals surface area contributed by atoms with Gasteiger partial charge in [0.15, 0.2) is 11.6 Å². The number of ether oxygens (including phenoxy) is 4. The molecular weight excluding hydrogens is 432 g/mol. The zero-order valence-corrected chi connectivity index (χ0v) is 19.5. The molecule has 0 radical (unpaired) electrons. The summed E-state index contributed by atoms with van der Waals surface area (Å²) in [5.74, 6) is 2.17. The van der Waals surface area contributed by atoms with Crippen LogP contribution in [0.3, 0.4) is 0 Å². The van der Waals surface area contributed by atoms with Gasteiger partial charge in [0.2, 0.25) is 0 Å². The fourth-order valence-corrected chi connectivity index (χ4v) is 3.23. The van der Waals surface area contributed by atoms with Gasteiger partial charge in [0.25, 0.3) is 0 Å². The van der Waals surface area contributed by atoms with Gasteiger partial charge >= 0.3 is 0 Å². The largest absolute Gasteiger partial charge is 0.497 e. The van der Waals surface area contributed by atoms with E-state index in [0.717, 1.165) is 11.1 Å². The Hall–Kier alpha value is -4.32. The number of hydrogen-bond acceptors (Lipinski definition) is 6. The van der Waals surface area contributed by atoms with Gasteiger partial charge in [-0.1, -0.05) is 24.3 Å². The molecule has 0 aromatic heterocycles. The molecule has 6 heteroatoms. The van der Waals surface area contributed by atoms with Crippen molar-refractivity contribution in [1.29, 1.82) is 0 Å². The number of carbonyl (C=O) groups excluding carboxylic acids is 2. The zero-order chi connectivity index (χ0) is 24.5. The summed E-state index contributed by atoms with van der Waals surface area (Å²) in [6.07, 6.45) is 6.31. The summed E-state index contributed by atoms with van der Waals surface area (Å²) in [7, 11) is 6.27. The number of allylic oxidation sites excluding steroid dienone is 2. The average molecular weight is 459 g/mol. The first kappa shape index (κ1) is 24.3. The average Bonchev–Trinajstić information content (AvgIpc) is 2.90. The molecule has 174 valence electrons. The van der Waals surface area contributed by atoms with Crippen LogP contribution in [0.2, 0.25) is 0 Å². The first-order chi connectivity index (χ1) is 16.5. The lowest BCUT2D eigenvalue weighted by Crippen LogP contribution is -1.98. The minimum atomic E-state index is -0.185. The van der Waals surface area contributed by atoms with Crippen molar-refractivity contribution in [3.63, 3.8) is 0 Å². The summed E-state index contributed by atoms with van der Waals surface area (Å²) in [6, 6.07) is 17.2. The van der Waals surface area contributed by atoms with Crippen molar-refractivity contribution in [3.8, 4) is 23.0 Å². The maximum Gasteiger partial charge on any atom is 0.185 e. The highest BCUT2D eigenvalue weighted by Gasteiger charge is 2.08. The van der Waals surface area contributed by atoms with Gasteiger partial charge in [-0.05, 0) is 48.6 Å². The molecule has 3 aromatic carbocycles. The fourth-order valence-electron chi connectivity index (χ4n) is 3.23. The lowest BCUT2D eigenvalue weighted by molar-refractivity contribution is 0.103. The molecule has 0 aliphatic heterocycles. The summed E-state index contributed by atoms with van der Waals surface area (Å²) in [5.41, 5.74) is 2.45. The van der Waals surface area contributed by atoms with E-state index in [2.05, 4.69) is 0 Å². The highest BCUT2D eigenvalue weighted by molar-refractivity contribution is 6.09. The first-order valence-electron chi connectivity index (χ1n) is 10.5. The Labute approximate surface area is 199 Å². The molecule has 6 nitrogen and oxygen atoms in total. The van der Waals surface area contributed by atoms with E-state index in [1.54, 1.807) is 89.1 Å². The molecule has 0 heterocycles. The minimum Gasteiger partial charge on any atom is -0.497 e. The summed E-state index contributed by atoms with van der Waals surface area (Å²) in [5, 5.41) is 0. The van der Waals surface area contributed by atoms with Crippen molar-refractivity contribution in [2.45, 2.75) is 0 Å². The Morgan fingerprint density at radius 2 is 0.941 bits per heavy atom. The maximum atomic E-state index is 12.6. The molecule has 0 aliphatic rings. The number of carbonyl (C=O) groups is 2. The molecule has 3 aromatic rings. The lowest BCUT2D eigenvalue weighted by atomic mass is 10.0. The third-order valence-corrected chi connectivity index (χ3v) is 5.16. The van der Waals surface area contributed by atoms with Gasteiger partial charge < -0.3 is 18.9 Å². The second-order valence-corrected chi connectivity index (χ2v) is 7.19. The summed E-state index contributed by atoms with van der Waals surface area (Å²) < 4.78 is 21.1. The van der Waals surface area contributed by atoms with E-state index < -0.39 is 0 Å². The van der Waals surface area contributed by atoms with Gasteiger partial charge in [-0.25, -0.2) is 0 Å².